The molecule has 2 aromatic carbocycles. The molecule has 1 saturated heterocycles. The fourth-order valence-corrected chi connectivity index (χ4v) is 2.53. The van der Waals surface area contributed by atoms with E-state index < -0.39 is 11.7 Å². The molecular formula is C21H25FN4O2. The number of hydrogen-bond acceptors (Lipinski definition) is 5. The van der Waals surface area contributed by atoms with Crippen LogP contribution < -0.4 is 16.1 Å². The molecular weight excluding hydrogens is 359 g/mol. The molecule has 1 heterocycles. The van der Waals surface area contributed by atoms with Crippen molar-refractivity contribution in [1.29, 1.82) is 5.26 Å². The first kappa shape index (κ1) is 21.4. The molecule has 0 unspecified atom stereocenters. The molecule has 1 aliphatic rings. The van der Waals surface area contributed by atoms with E-state index in [0.29, 0.717) is 23.8 Å². The standard InChI is InChI=1S/C19H19FN4O2.C2H6/c1-12-2-5-17(16(20)6-12)23-18-7-13(8-21)3-4-15(18)19(25)24-26-11-14-9-22-10-14;1-2/h2-7,14,22-23H,9-11H2,1H3,(H,24,25);1-2H3. The number of halogens is 1. The molecule has 0 aromatic heterocycles. The van der Waals surface area contributed by atoms with Crippen LogP contribution in [-0.2, 0) is 4.84 Å². The molecule has 3 rings (SSSR count). The SMILES string of the molecule is CC.Cc1ccc(Nc2cc(C#N)ccc2C(=O)NOCC2CNC2)c(F)c1. The molecule has 28 heavy (non-hydrogen) atoms. The lowest BCUT2D eigenvalue weighted by Gasteiger charge is -2.26. The van der Waals surface area contributed by atoms with E-state index in [1.54, 1.807) is 19.1 Å². The minimum atomic E-state index is -0.461. The van der Waals surface area contributed by atoms with Crippen molar-refractivity contribution in [3.8, 4) is 6.07 Å². The molecule has 0 spiro atoms. The van der Waals surface area contributed by atoms with Gasteiger partial charge in [-0.1, -0.05) is 19.9 Å². The summed E-state index contributed by atoms with van der Waals surface area (Å²) in [6.45, 7) is 7.94. The van der Waals surface area contributed by atoms with Crippen LogP contribution in [0.15, 0.2) is 36.4 Å². The Morgan fingerprint density at radius 2 is 2.00 bits per heavy atom. The zero-order chi connectivity index (χ0) is 20.5. The van der Waals surface area contributed by atoms with Gasteiger partial charge in [0.2, 0.25) is 0 Å². The van der Waals surface area contributed by atoms with Gasteiger partial charge in [0.25, 0.3) is 5.91 Å². The zero-order valence-corrected chi connectivity index (χ0v) is 16.3. The van der Waals surface area contributed by atoms with Crippen LogP contribution in [0.3, 0.4) is 0 Å². The molecule has 0 aliphatic carbocycles. The van der Waals surface area contributed by atoms with Gasteiger partial charge in [-0.15, -0.1) is 0 Å². The van der Waals surface area contributed by atoms with Crippen LogP contribution in [0.2, 0.25) is 0 Å². The predicted molar refractivity (Wildman–Crippen MR) is 107 cm³/mol. The van der Waals surface area contributed by atoms with Gasteiger partial charge in [0.05, 0.1) is 35.2 Å². The van der Waals surface area contributed by atoms with E-state index >= 15 is 0 Å². The van der Waals surface area contributed by atoms with Crippen molar-refractivity contribution in [3.63, 3.8) is 0 Å². The van der Waals surface area contributed by atoms with Crippen LogP contribution in [0.1, 0.15) is 35.3 Å². The van der Waals surface area contributed by atoms with E-state index in [1.165, 1.54) is 24.3 Å². The molecule has 1 fully saturated rings. The Bertz CT molecular complexity index is 860. The van der Waals surface area contributed by atoms with Crippen LogP contribution in [-0.4, -0.2) is 25.6 Å². The van der Waals surface area contributed by atoms with E-state index in [1.807, 2.05) is 19.9 Å². The second-order valence-corrected chi connectivity index (χ2v) is 6.25. The first-order chi connectivity index (χ1) is 13.6. The maximum atomic E-state index is 14.1. The van der Waals surface area contributed by atoms with E-state index in [9.17, 15) is 9.18 Å². The lowest BCUT2D eigenvalue weighted by atomic mass is 10.1. The van der Waals surface area contributed by atoms with E-state index in [2.05, 4.69) is 16.1 Å². The number of nitrogens with one attached hydrogen (secondary N) is 3. The summed E-state index contributed by atoms with van der Waals surface area (Å²) in [5.74, 6) is -0.514. The number of nitriles is 1. The number of aryl methyl sites for hydroxylation is 1. The maximum Gasteiger partial charge on any atom is 0.276 e. The molecule has 1 amide bonds. The van der Waals surface area contributed by atoms with Crippen molar-refractivity contribution in [3.05, 3.63) is 58.9 Å². The summed E-state index contributed by atoms with van der Waals surface area (Å²) < 4.78 is 14.1. The molecule has 2 aromatic rings. The van der Waals surface area contributed by atoms with Gasteiger partial charge in [-0.2, -0.15) is 5.26 Å². The Hall–Kier alpha value is -2.95. The molecule has 0 saturated carbocycles. The van der Waals surface area contributed by atoms with Crippen molar-refractivity contribution in [2.75, 3.05) is 25.0 Å². The zero-order valence-electron chi connectivity index (χ0n) is 16.3. The predicted octanol–water partition coefficient (Wildman–Crippen LogP) is 3.66. The Morgan fingerprint density at radius 3 is 2.61 bits per heavy atom. The number of rotatable bonds is 6. The van der Waals surface area contributed by atoms with E-state index in [4.69, 9.17) is 10.1 Å². The number of benzene rings is 2. The van der Waals surface area contributed by atoms with Crippen molar-refractivity contribution in [2.24, 2.45) is 5.92 Å². The number of hydrogen-bond donors (Lipinski definition) is 3. The second-order valence-electron chi connectivity index (χ2n) is 6.25. The molecule has 1 aliphatic heterocycles. The number of carbonyl (C=O) groups excluding carboxylic acids is 1. The quantitative estimate of drug-likeness (QED) is 0.662. The van der Waals surface area contributed by atoms with Crippen LogP contribution in [0, 0.1) is 30.0 Å². The second kappa shape index (κ2) is 10.4. The summed E-state index contributed by atoms with van der Waals surface area (Å²) in [6, 6.07) is 11.3. The summed E-state index contributed by atoms with van der Waals surface area (Å²) in [4.78, 5) is 17.7. The molecule has 0 atom stereocenters. The van der Waals surface area contributed by atoms with Crippen LogP contribution in [0.4, 0.5) is 15.8 Å². The first-order valence-electron chi connectivity index (χ1n) is 9.27. The summed E-state index contributed by atoms with van der Waals surface area (Å²) in [7, 11) is 0. The molecule has 0 radical (unpaired) electrons. The van der Waals surface area contributed by atoms with Crippen molar-refractivity contribution < 1.29 is 14.0 Å². The number of amides is 1. The van der Waals surface area contributed by atoms with Crippen LogP contribution >= 0.6 is 0 Å². The highest BCUT2D eigenvalue weighted by Crippen LogP contribution is 2.25. The van der Waals surface area contributed by atoms with Gasteiger partial charge in [0.15, 0.2) is 0 Å². The Kier molecular flexibility index (Phi) is 7.93. The number of nitrogens with zero attached hydrogens (tertiary/aromatic N) is 1. The van der Waals surface area contributed by atoms with Gasteiger partial charge < -0.3 is 10.6 Å². The monoisotopic (exact) mass is 384 g/mol. The highest BCUT2D eigenvalue weighted by Gasteiger charge is 2.18. The third kappa shape index (κ3) is 5.52. The fraction of sp³-hybridized carbons (Fsp3) is 0.333. The van der Waals surface area contributed by atoms with Gasteiger partial charge in [0.1, 0.15) is 5.82 Å². The maximum absolute atomic E-state index is 14.1. The Balaban J connectivity index is 0.00000136. The molecule has 0 bridgehead atoms. The minimum Gasteiger partial charge on any atom is -0.352 e. The third-order valence-corrected chi connectivity index (χ3v) is 4.14. The largest absolute Gasteiger partial charge is 0.352 e. The average Bonchev–Trinajstić information content (AvgIpc) is 2.67. The molecule has 6 nitrogen and oxygen atoms in total. The smallest absolute Gasteiger partial charge is 0.276 e. The highest BCUT2D eigenvalue weighted by atomic mass is 19.1. The van der Waals surface area contributed by atoms with Crippen molar-refractivity contribution in [1.82, 2.24) is 10.8 Å². The van der Waals surface area contributed by atoms with E-state index in [0.717, 1.165) is 18.7 Å². The highest BCUT2D eigenvalue weighted by molar-refractivity contribution is 6.00. The summed E-state index contributed by atoms with van der Waals surface area (Å²) >= 11 is 0. The van der Waals surface area contributed by atoms with Gasteiger partial charge in [-0.25, -0.2) is 9.87 Å². The van der Waals surface area contributed by atoms with Gasteiger partial charge in [-0.3, -0.25) is 9.63 Å². The number of hydroxylamine groups is 1. The Morgan fingerprint density at radius 1 is 1.25 bits per heavy atom. The summed E-state index contributed by atoms with van der Waals surface area (Å²) in [5, 5.41) is 15.1. The molecule has 3 N–H and O–H groups in total. The van der Waals surface area contributed by atoms with E-state index in [-0.39, 0.29) is 11.3 Å². The molecule has 7 heteroatoms. The van der Waals surface area contributed by atoms with Gasteiger partial charge >= 0.3 is 0 Å². The normalized spacial score (nSPS) is 12.8. The average molecular weight is 384 g/mol. The third-order valence-electron chi connectivity index (χ3n) is 4.14. The minimum absolute atomic E-state index is 0.223. The molecule has 148 valence electrons. The lowest BCUT2D eigenvalue weighted by Crippen LogP contribution is -2.45. The lowest BCUT2D eigenvalue weighted by molar-refractivity contribution is 0.00816. The fourth-order valence-electron chi connectivity index (χ4n) is 2.53. The number of anilines is 2. The van der Waals surface area contributed by atoms with Gasteiger partial charge in [0, 0.05) is 19.0 Å². The Labute approximate surface area is 164 Å². The van der Waals surface area contributed by atoms with Gasteiger partial charge in [-0.05, 0) is 42.8 Å². The summed E-state index contributed by atoms with van der Waals surface area (Å²) in [6.07, 6.45) is 0. The van der Waals surface area contributed by atoms with Crippen molar-refractivity contribution in [2.45, 2.75) is 20.8 Å². The van der Waals surface area contributed by atoms with Crippen LogP contribution in [0.5, 0.6) is 0 Å². The number of carbonyl (C=O) groups is 1. The topological polar surface area (TPSA) is 86.2 Å². The summed E-state index contributed by atoms with van der Waals surface area (Å²) in [5.41, 5.74) is 4.36. The first-order valence-corrected chi connectivity index (χ1v) is 9.27. The van der Waals surface area contributed by atoms with Crippen LogP contribution in [0.25, 0.3) is 0 Å². The van der Waals surface area contributed by atoms with Crippen molar-refractivity contribution >= 4 is 17.3 Å².